The van der Waals surface area contributed by atoms with Gasteiger partial charge in [-0.15, -0.1) is 11.3 Å². The average Bonchev–Trinajstić information content (AvgIpc) is 2.97. The van der Waals surface area contributed by atoms with Crippen molar-refractivity contribution in [2.24, 2.45) is 5.92 Å². The second-order valence-corrected chi connectivity index (χ2v) is 8.36. The van der Waals surface area contributed by atoms with E-state index in [0.29, 0.717) is 5.95 Å². The molecule has 1 fully saturated rings. The number of nitrogens with zero attached hydrogens (tertiary/aromatic N) is 5. The second kappa shape index (κ2) is 5.52. The summed E-state index contributed by atoms with van der Waals surface area (Å²) in [5, 5.41) is 12.5. The van der Waals surface area contributed by atoms with Gasteiger partial charge in [-0.3, -0.25) is 10.4 Å². The Hall–Kier alpha value is -2.00. The molecule has 124 valence electrons. The third-order valence-corrected chi connectivity index (χ3v) is 6.07. The molecule has 0 spiro atoms. The SMILES string of the molecule is Cc1nc(Nc2nc3c(s2)CCN(CC2CC2)c2[nH]ncc2-3)ns1. The van der Waals surface area contributed by atoms with E-state index in [1.165, 1.54) is 29.3 Å². The van der Waals surface area contributed by atoms with Crippen LogP contribution in [0, 0.1) is 12.8 Å². The molecule has 3 aromatic heterocycles. The molecule has 0 atom stereocenters. The van der Waals surface area contributed by atoms with Gasteiger partial charge in [0.15, 0.2) is 5.13 Å². The molecule has 3 aromatic rings. The highest BCUT2D eigenvalue weighted by molar-refractivity contribution is 7.16. The number of H-pyrrole nitrogens is 1. The number of aryl methyl sites for hydroxylation is 1. The van der Waals surface area contributed by atoms with Gasteiger partial charge in [0.2, 0.25) is 5.95 Å². The zero-order valence-electron chi connectivity index (χ0n) is 13.2. The van der Waals surface area contributed by atoms with E-state index in [1.807, 2.05) is 13.1 Å². The van der Waals surface area contributed by atoms with Gasteiger partial charge in [-0.05, 0) is 37.2 Å². The van der Waals surface area contributed by atoms with Crippen molar-refractivity contribution in [3.63, 3.8) is 0 Å². The van der Waals surface area contributed by atoms with E-state index in [9.17, 15) is 0 Å². The number of rotatable bonds is 4. The number of fused-ring (bicyclic) bond motifs is 3. The van der Waals surface area contributed by atoms with Crippen LogP contribution >= 0.6 is 22.9 Å². The lowest BCUT2D eigenvalue weighted by atomic mass is 10.2. The Morgan fingerprint density at radius 1 is 1.38 bits per heavy atom. The Morgan fingerprint density at radius 2 is 2.29 bits per heavy atom. The normalized spacial score (nSPS) is 16.6. The number of thiazole rings is 1. The zero-order chi connectivity index (χ0) is 16.1. The van der Waals surface area contributed by atoms with E-state index in [-0.39, 0.29) is 0 Å². The maximum Gasteiger partial charge on any atom is 0.241 e. The minimum atomic E-state index is 0.629. The first-order chi connectivity index (χ1) is 11.8. The molecule has 0 unspecified atom stereocenters. The number of hydrogen-bond donors (Lipinski definition) is 2. The van der Waals surface area contributed by atoms with Crippen molar-refractivity contribution in [1.82, 2.24) is 24.5 Å². The molecule has 24 heavy (non-hydrogen) atoms. The lowest BCUT2D eigenvalue weighted by molar-refractivity contribution is 0.712. The van der Waals surface area contributed by atoms with Crippen LogP contribution < -0.4 is 10.2 Å². The summed E-state index contributed by atoms with van der Waals surface area (Å²) >= 11 is 3.09. The van der Waals surface area contributed by atoms with Gasteiger partial charge in [-0.2, -0.15) is 9.47 Å². The Labute approximate surface area is 147 Å². The van der Waals surface area contributed by atoms with Crippen molar-refractivity contribution in [1.29, 1.82) is 0 Å². The van der Waals surface area contributed by atoms with Crippen molar-refractivity contribution >= 4 is 39.8 Å². The van der Waals surface area contributed by atoms with Crippen LogP contribution in [0.4, 0.5) is 16.9 Å². The van der Waals surface area contributed by atoms with Gasteiger partial charge in [0.1, 0.15) is 10.8 Å². The molecule has 1 aliphatic heterocycles. The summed E-state index contributed by atoms with van der Waals surface area (Å²) in [7, 11) is 0. The fourth-order valence-electron chi connectivity index (χ4n) is 3.07. The molecule has 7 nitrogen and oxygen atoms in total. The fraction of sp³-hybridized carbons (Fsp3) is 0.467. The molecule has 0 amide bonds. The average molecular weight is 359 g/mol. The highest BCUT2D eigenvalue weighted by Gasteiger charge is 2.30. The van der Waals surface area contributed by atoms with Gasteiger partial charge in [0.25, 0.3) is 0 Å². The third kappa shape index (κ3) is 2.57. The van der Waals surface area contributed by atoms with Crippen molar-refractivity contribution in [2.75, 3.05) is 23.3 Å². The summed E-state index contributed by atoms with van der Waals surface area (Å²) in [6.07, 6.45) is 5.61. The van der Waals surface area contributed by atoms with Crippen LogP contribution in [0.3, 0.4) is 0 Å². The standard InChI is InChI=1S/C15H17N7S2/c1-8-17-14(21-24-8)19-15-18-12-10-6-16-20-13(10)22(7-9-2-3-9)5-4-11(12)23-15/h6,9H,2-5,7H2,1H3,(H,16,20)(H,18,19,21). The first-order valence-corrected chi connectivity index (χ1v) is 9.71. The summed E-state index contributed by atoms with van der Waals surface area (Å²) in [5.74, 6) is 2.59. The van der Waals surface area contributed by atoms with Crippen molar-refractivity contribution in [3.8, 4) is 11.3 Å². The van der Waals surface area contributed by atoms with Gasteiger partial charge in [0.05, 0.1) is 17.5 Å². The van der Waals surface area contributed by atoms with E-state index in [0.717, 1.165) is 52.6 Å². The van der Waals surface area contributed by atoms with Crippen LogP contribution in [-0.4, -0.2) is 37.6 Å². The molecule has 0 bridgehead atoms. The van der Waals surface area contributed by atoms with E-state index >= 15 is 0 Å². The Bertz CT molecular complexity index is 876. The van der Waals surface area contributed by atoms with Gasteiger partial charge >= 0.3 is 0 Å². The van der Waals surface area contributed by atoms with Crippen LogP contribution in [0.25, 0.3) is 11.3 Å². The van der Waals surface area contributed by atoms with Gasteiger partial charge < -0.3 is 4.90 Å². The van der Waals surface area contributed by atoms with Gasteiger partial charge in [-0.25, -0.2) is 9.97 Å². The predicted molar refractivity (Wildman–Crippen MR) is 96.3 cm³/mol. The first kappa shape index (κ1) is 14.4. The lowest BCUT2D eigenvalue weighted by Gasteiger charge is -2.21. The maximum absolute atomic E-state index is 4.80. The van der Waals surface area contributed by atoms with Crippen LogP contribution in [0.5, 0.6) is 0 Å². The van der Waals surface area contributed by atoms with Gasteiger partial charge in [0, 0.05) is 24.4 Å². The highest BCUT2D eigenvalue weighted by atomic mass is 32.1. The number of hydrogen-bond acceptors (Lipinski definition) is 8. The first-order valence-electron chi connectivity index (χ1n) is 8.12. The molecular formula is C15H17N7S2. The summed E-state index contributed by atoms with van der Waals surface area (Å²) in [6.45, 7) is 4.08. The second-order valence-electron chi connectivity index (χ2n) is 6.32. The highest BCUT2D eigenvalue weighted by Crippen LogP contribution is 2.40. The number of nitrogens with one attached hydrogen (secondary N) is 2. The quantitative estimate of drug-likeness (QED) is 0.744. The predicted octanol–water partition coefficient (Wildman–Crippen LogP) is 3.21. The molecule has 0 radical (unpaired) electrons. The summed E-state index contributed by atoms with van der Waals surface area (Å²) in [5.41, 5.74) is 2.14. The Morgan fingerprint density at radius 3 is 3.08 bits per heavy atom. The molecule has 9 heteroatoms. The maximum atomic E-state index is 4.80. The molecule has 2 N–H and O–H groups in total. The molecule has 1 saturated carbocycles. The van der Waals surface area contributed by atoms with Crippen LogP contribution in [0.2, 0.25) is 0 Å². The van der Waals surface area contributed by atoms with Crippen molar-refractivity contribution in [3.05, 3.63) is 16.1 Å². The molecule has 0 saturated heterocycles. The monoisotopic (exact) mass is 359 g/mol. The number of aromatic amines is 1. The van der Waals surface area contributed by atoms with E-state index in [1.54, 1.807) is 11.3 Å². The van der Waals surface area contributed by atoms with Gasteiger partial charge in [-0.1, -0.05) is 0 Å². The smallest absolute Gasteiger partial charge is 0.241 e. The van der Waals surface area contributed by atoms with Crippen LogP contribution in [-0.2, 0) is 6.42 Å². The number of anilines is 3. The minimum Gasteiger partial charge on any atom is -0.356 e. The topological polar surface area (TPSA) is 82.6 Å². The van der Waals surface area contributed by atoms with E-state index in [4.69, 9.17) is 4.98 Å². The van der Waals surface area contributed by atoms with E-state index in [2.05, 4.69) is 29.8 Å². The third-order valence-electron chi connectivity index (χ3n) is 4.42. The summed E-state index contributed by atoms with van der Waals surface area (Å²) < 4.78 is 4.28. The Balaban J connectivity index is 1.47. The van der Waals surface area contributed by atoms with Crippen LogP contribution in [0.1, 0.15) is 22.7 Å². The fourth-order valence-corrected chi connectivity index (χ4v) is 4.46. The minimum absolute atomic E-state index is 0.629. The zero-order valence-corrected chi connectivity index (χ0v) is 14.9. The summed E-state index contributed by atoms with van der Waals surface area (Å²) in [4.78, 5) is 12.9. The molecule has 4 heterocycles. The Kier molecular flexibility index (Phi) is 3.30. The molecular weight excluding hydrogens is 342 g/mol. The van der Waals surface area contributed by atoms with E-state index < -0.39 is 0 Å². The van der Waals surface area contributed by atoms with Crippen LogP contribution in [0.15, 0.2) is 6.20 Å². The molecule has 1 aliphatic carbocycles. The molecule has 5 rings (SSSR count). The lowest BCUT2D eigenvalue weighted by Crippen LogP contribution is -2.27. The molecule has 0 aromatic carbocycles. The summed E-state index contributed by atoms with van der Waals surface area (Å²) in [6, 6.07) is 0. The van der Waals surface area contributed by atoms with Crippen molar-refractivity contribution < 1.29 is 0 Å². The molecule has 2 aliphatic rings. The van der Waals surface area contributed by atoms with Crippen molar-refractivity contribution in [2.45, 2.75) is 26.2 Å². The largest absolute Gasteiger partial charge is 0.356 e. The number of aromatic nitrogens is 5.